The molecular weight excluding hydrogens is 339 g/mol. The Morgan fingerprint density at radius 2 is 2.15 bits per heavy atom. The summed E-state index contributed by atoms with van der Waals surface area (Å²) in [4.78, 5) is 29.4. The van der Waals surface area contributed by atoms with E-state index in [9.17, 15) is 14.0 Å². The molecule has 1 aromatic carbocycles. The molecular formula is C19H19FN2O4. The molecule has 1 fully saturated rings. The molecule has 6 nitrogen and oxygen atoms in total. The van der Waals surface area contributed by atoms with Crippen LogP contribution in [0.2, 0.25) is 0 Å². The minimum Gasteiger partial charge on any atom is -0.477 e. The predicted molar refractivity (Wildman–Crippen MR) is 91.3 cm³/mol. The first-order valence-corrected chi connectivity index (χ1v) is 8.37. The molecule has 2 heterocycles. The number of ether oxygens (including phenoxy) is 1. The smallest absolute Gasteiger partial charge is 0.354 e. The number of halogens is 1. The van der Waals surface area contributed by atoms with Gasteiger partial charge in [0, 0.05) is 31.5 Å². The number of aromatic nitrogens is 1. The minimum atomic E-state index is -1.20. The Hall–Kier alpha value is -2.80. The lowest BCUT2D eigenvalue weighted by Gasteiger charge is -2.26. The van der Waals surface area contributed by atoms with Gasteiger partial charge in [-0.2, -0.15) is 0 Å². The van der Waals surface area contributed by atoms with Gasteiger partial charge in [0.2, 0.25) is 0 Å². The first-order chi connectivity index (χ1) is 12.5. The van der Waals surface area contributed by atoms with Gasteiger partial charge in [0.05, 0.1) is 6.10 Å². The number of benzene rings is 1. The second kappa shape index (κ2) is 8.05. The average molecular weight is 358 g/mol. The highest BCUT2D eigenvalue weighted by molar-refractivity contribution is 5.96. The number of carboxylic acid groups (broad SMARTS) is 1. The van der Waals surface area contributed by atoms with E-state index in [0.29, 0.717) is 18.7 Å². The van der Waals surface area contributed by atoms with Crippen molar-refractivity contribution in [1.29, 1.82) is 0 Å². The second-order valence-electron chi connectivity index (χ2n) is 6.19. The first kappa shape index (κ1) is 18.0. The lowest BCUT2D eigenvalue weighted by Crippen LogP contribution is -2.37. The van der Waals surface area contributed by atoms with E-state index in [1.807, 2.05) is 0 Å². The van der Waals surface area contributed by atoms with Gasteiger partial charge < -0.3 is 14.7 Å². The van der Waals surface area contributed by atoms with E-state index in [2.05, 4.69) is 4.98 Å². The molecule has 0 spiro atoms. The highest BCUT2D eigenvalue weighted by Crippen LogP contribution is 2.18. The van der Waals surface area contributed by atoms with Crippen LogP contribution < -0.4 is 0 Å². The molecule has 1 unspecified atom stereocenters. The van der Waals surface area contributed by atoms with Gasteiger partial charge in [0.1, 0.15) is 11.5 Å². The molecule has 0 saturated carbocycles. The number of rotatable bonds is 6. The molecule has 1 saturated heterocycles. The summed E-state index contributed by atoms with van der Waals surface area (Å²) in [6, 6.07) is 8.78. The van der Waals surface area contributed by atoms with Gasteiger partial charge in [-0.3, -0.25) is 4.79 Å². The Balaban J connectivity index is 1.84. The van der Waals surface area contributed by atoms with Gasteiger partial charge in [0.25, 0.3) is 5.91 Å². The maximum atomic E-state index is 13.5. The summed E-state index contributed by atoms with van der Waals surface area (Å²) < 4.78 is 19.1. The van der Waals surface area contributed by atoms with Gasteiger partial charge in [0.15, 0.2) is 0 Å². The van der Waals surface area contributed by atoms with E-state index >= 15 is 0 Å². The average Bonchev–Trinajstić information content (AvgIpc) is 3.14. The standard InChI is InChI=1S/C19H19FN2O4/c20-15-4-1-3-13(9-15)11-22(12-16-5-2-8-26-16)18(23)14-6-7-21-17(10-14)19(24)25/h1,3-4,6-7,9-10,16H,2,5,8,11-12H2,(H,24,25). The molecule has 3 rings (SSSR count). The molecule has 0 aliphatic carbocycles. The summed E-state index contributed by atoms with van der Waals surface area (Å²) >= 11 is 0. The monoisotopic (exact) mass is 358 g/mol. The maximum absolute atomic E-state index is 13.5. The largest absolute Gasteiger partial charge is 0.477 e. The van der Waals surface area contributed by atoms with Gasteiger partial charge >= 0.3 is 5.97 Å². The van der Waals surface area contributed by atoms with Crippen LogP contribution in [0.25, 0.3) is 0 Å². The SMILES string of the molecule is O=C(O)c1cc(C(=O)N(Cc2cccc(F)c2)CC2CCCO2)ccn1. The molecule has 1 amide bonds. The second-order valence-corrected chi connectivity index (χ2v) is 6.19. The fraction of sp³-hybridized carbons (Fsp3) is 0.316. The van der Waals surface area contributed by atoms with E-state index in [-0.39, 0.29) is 35.6 Å². The van der Waals surface area contributed by atoms with Crippen molar-refractivity contribution in [2.75, 3.05) is 13.2 Å². The van der Waals surface area contributed by atoms with Crippen molar-refractivity contribution in [2.45, 2.75) is 25.5 Å². The van der Waals surface area contributed by atoms with E-state index in [1.54, 1.807) is 17.0 Å². The molecule has 0 bridgehead atoms. The Kier molecular flexibility index (Phi) is 5.58. The summed E-state index contributed by atoms with van der Waals surface area (Å²) in [6.45, 7) is 1.23. The number of aromatic carboxylic acids is 1. The van der Waals surface area contributed by atoms with Crippen molar-refractivity contribution in [3.63, 3.8) is 0 Å². The number of carbonyl (C=O) groups excluding carboxylic acids is 1. The van der Waals surface area contributed by atoms with Crippen LogP contribution in [-0.2, 0) is 11.3 Å². The quantitative estimate of drug-likeness (QED) is 0.859. The summed E-state index contributed by atoms with van der Waals surface area (Å²) in [5, 5.41) is 9.08. The Labute approximate surface area is 150 Å². The molecule has 2 aromatic rings. The van der Waals surface area contributed by atoms with Gasteiger partial charge in [-0.25, -0.2) is 14.2 Å². The summed E-state index contributed by atoms with van der Waals surface area (Å²) in [5.41, 5.74) is 0.689. The van der Waals surface area contributed by atoms with Crippen molar-refractivity contribution in [2.24, 2.45) is 0 Å². The molecule has 0 radical (unpaired) electrons. The topological polar surface area (TPSA) is 79.7 Å². The third-order valence-electron chi connectivity index (χ3n) is 4.22. The van der Waals surface area contributed by atoms with E-state index < -0.39 is 5.97 Å². The van der Waals surface area contributed by atoms with Crippen molar-refractivity contribution in [1.82, 2.24) is 9.88 Å². The van der Waals surface area contributed by atoms with E-state index in [0.717, 1.165) is 12.8 Å². The third-order valence-corrected chi connectivity index (χ3v) is 4.22. The van der Waals surface area contributed by atoms with Crippen LogP contribution in [0.1, 0.15) is 39.3 Å². The third kappa shape index (κ3) is 4.43. The fourth-order valence-corrected chi connectivity index (χ4v) is 2.97. The Morgan fingerprint density at radius 1 is 1.31 bits per heavy atom. The summed E-state index contributed by atoms with van der Waals surface area (Å²) in [6.07, 6.45) is 3.01. The number of carboxylic acids is 1. The van der Waals surface area contributed by atoms with Crippen molar-refractivity contribution >= 4 is 11.9 Å². The van der Waals surface area contributed by atoms with Crippen LogP contribution in [0, 0.1) is 5.82 Å². The summed E-state index contributed by atoms with van der Waals surface area (Å²) in [7, 11) is 0. The van der Waals surface area contributed by atoms with Gasteiger partial charge in [-0.1, -0.05) is 12.1 Å². The molecule has 1 aliphatic rings. The van der Waals surface area contributed by atoms with Crippen LogP contribution in [0.5, 0.6) is 0 Å². The Bertz CT molecular complexity index is 806. The number of nitrogens with zero attached hydrogens (tertiary/aromatic N) is 2. The molecule has 1 N–H and O–H groups in total. The number of carbonyl (C=O) groups is 2. The van der Waals surface area contributed by atoms with Crippen molar-refractivity contribution in [3.05, 3.63) is 65.2 Å². The highest BCUT2D eigenvalue weighted by Gasteiger charge is 2.24. The highest BCUT2D eigenvalue weighted by atomic mass is 19.1. The number of hydrogen-bond acceptors (Lipinski definition) is 4. The maximum Gasteiger partial charge on any atom is 0.354 e. The van der Waals surface area contributed by atoms with Crippen LogP contribution in [0.3, 0.4) is 0 Å². The van der Waals surface area contributed by atoms with Crippen LogP contribution in [0.4, 0.5) is 4.39 Å². The normalized spacial score (nSPS) is 16.4. The van der Waals surface area contributed by atoms with Crippen LogP contribution in [0.15, 0.2) is 42.6 Å². The van der Waals surface area contributed by atoms with Crippen molar-refractivity contribution < 1.29 is 23.8 Å². The summed E-state index contributed by atoms with van der Waals surface area (Å²) in [5.74, 6) is -1.91. The van der Waals surface area contributed by atoms with Gasteiger partial charge in [-0.05, 0) is 42.7 Å². The Morgan fingerprint density at radius 3 is 2.85 bits per heavy atom. The molecule has 136 valence electrons. The minimum absolute atomic E-state index is 0.0757. The molecule has 26 heavy (non-hydrogen) atoms. The van der Waals surface area contributed by atoms with Crippen LogP contribution in [-0.4, -0.2) is 46.1 Å². The molecule has 1 aromatic heterocycles. The van der Waals surface area contributed by atoms with Crippen LogP contribution >= 0.6 is 0 Å². The van der Waals surface area contributed by atoms with Crippen molar-refractivity contribution in [3.8, 4) is 0 Å². The molecule has 1 aliphatic heterocycles. The fourth-order valence-electron chi connectivity index (χ4n) is 2.97. The zero-order valence-electron chi connectivity index (χ0n) is 14.1. The number of amides is 1. The van der Waals surface area contributed by atoms with E-state index in [1.165, 1.54) is 30.5 Å². The number of hydrogen-bond donors (Lipinski definition) is 1. The lowest BCUT2D eigenvalue weighted by atomic mass is 10.1. The zero-order chi connectivity index (χ0) is 18.5. The zero-order valence-corrected chi connectivity index (χ0v) is 14.1. The first-order valence-electron chi connectivity index (χ1n) is 8.37. The lowest BCUT2D eigenvalue weighted by molar-refractivity contribution is 0.0507. The number of pyridine rings is 1. The van der Waals surface area contributed by atoms with Gasteiger partial charge in [-0.15, -0.1) is 0 Å². The molecule has 1 atom stereocenters. The molecule has 7 heteroatoms. The van der Waals surface area contributed by atoms with E-state index in [4.69, 9.17) is 9.84 Å². The predicted octanol–water partition coefficient (Wildman–Crippen LogP) is 2.74.